The van der Waals surface area contributed by atoms with E-state index in [0.29, 0.717) is 16.4 Å². The van der Waals surface area contributed by atoms with E-state index in [0.717, 1.165) is 0 Å². The summed E-state index contributed by atoms with van der Waals surface area (Å²) in [5.74, 6) is -0.0373. The van der Waals surface area contributed by atoms with Gasteiger partial charge < -0.3 is 0 Å². The molecule has 0 aliphatic heterocycles. The van der Waals surface area contributed by atoms with E-state index < -0.39 is 0 Å². The Hall–Kier alpha value is -0.890. The number of hydrogen-bond donors (Lipinski definition) is 0. The summed E-state index contributed by atoms with van der Waals surface area (Å²) in [6.07, 6.45) is 0. The minimum atomic E-state index is -0.0373. The molecule has 0 saturated carbocycles. The zero-order valence-electron chi connectivity index (χ0n) is 6.39. The minimum absolute atomic E-state index is 0.0373. The maximum Gasteiger partial charge on any atom is 0.178 e. The molecule has 11 heavy (non-hydrogen) atoms. The fourth-order valence-electron chi connectivity index (χ4n) is 0.740. The molecule has 0 aromatic carbocycles. The average Bonchev–Trinajstić information content (AvgIpc) is 1.94. The molecule has 1 aromatic rings. The molecule has 2 nitrogen and oxygen atoms in total. The summed E-state index contributed by atoms with van der Waals surface area (Å²) < 4.78 is 0. The van der Waals surface area contributed by atoms with Crippen LogP contribution < -0.4 is 0 Å². The van der Waals surface area contributed by atoms with Gasteiger partial charge in [0, 0.05) is 6.92 Å². The number of carbonyl (C=O) groups is 1. The molecule has 0 saturated heterocycles. The Balaban J connectivity index is 3.15. The number of carbonyl (C=O) groups excluding carboxylic acids is 1. The van der Waals surface area contributed by atoms with Crippen LogP contribution in [0.2, 0.25) is 5.02 Å². The monoisotopic (exact) mass is 169 g/mol. The van der Waals surface area contributed by atoms with Crippen LogP contribution in [0.1, 0.15) is 23.1 Å². The SMILES string of the molecule is CC(=O)c1ccc(Cl)c(C)n1. The largest absolute Gasteiger partial charge is 0.293 e. The van der Waals surface area contributed by atoms with Gasteiger partial charge in [-0.05, 0) is 19.1 Å². The van der Waals surface area contributed by atoms with Crippen molar-refractivity contribution in [1.82, 2.24) is 4.98 Å². The van der Waals surface area contributed by atoms with Gasteiger partial charge in [0.05, 0.1) is 10.7 Å². The summed E-state index contributed by atoms with van der Waals surface area (Å²) in [5.41, 5.74) is 1.16. The van der Waals surface area contributed by atoms with Gasteiger partial charge in [0.1, 0.15) is 5.69 Å². The lowest BCUT2D eigenvalue weighted by atomic mass is 10.2. The van der Waals surface area contributed by atoms with E-state index in [4.69, 9.17) is 11.6 Å². The minimum Gasteiger partial charge on any atom is -0.293 e. The van der Waals surface area contributed by atoms with Crippen LogP contribution in [0.5, 0.6) is 0 Å². The Morgan fingerprint density at radius 3 is 2.64 bits per heavy atom. The van der Waals surface area contributed by atoms with Crippen molar-refractivity contribution in [2.24, 2.45) is 0 Å². The molecule has 0 aliphatic rings. The number of ketones is 1. The Bertz CT molecular complexity index is 296. The van der Waals surface area contributed by atoms with Crippen molar-refractivity contribution in [2.75, 3.05) is 0 Å². The smallest absolute Gasteiger partial charge is 0.178 e. The van der Waals surface area contributed by atoms with Gasteiger partial charge in [0.15, 0.2) is 5.78 Å². The standard InChI is InChI=1S/C8H8ClNO/c1-5-7(9)3-4-8(10-5)6(2)11/h3-4H,1-2H3. The molecular formula is C8H8ClNO. The third-order valence-corrected chi connectivity index (χ3v) is 1.78. The highest BCUT2D eigenvalue weighted by Crippen LogP contribution is 2.12. The van der Waals surface area contributed by atoms with E-state index >= 15 is 0 Å². The summed E-state index contributed by atoms with van der Waals surface area (Å²) in [6, 6.07) is 3.30. The Morgan fingerprint density at radius 1 is 1.55 bits per heavy atom. The van der Waals surface area contributed by atoms with Crippen LogP contribution in [0.3, 0.4) is 0 Å². The molecule has 0 unspecified atom stereocenters. The maximum absolute atomic E-state index is 10.8. The fourth-order valence-corrected chi connectivity index (χ4v) is 0.845. The lowest BCUT2D eigenvalue weighted by molar-refractivity contribution is 0.101. The summed E-state index contributed by atoms with van der Waals surface area (Å²) in [5, 5.41) is 0.593. The van der Waals surface area contributed by atoms with Gasteiger partial charge in [-0.1, -0.05) is 11.6 Å². The average molecular weight is 170 g/mol. The van der Waals surface area contributed by atoms with Crippen molar-refractivity contribution in [1.29, 1.82) is 0 Å². The lowest BCUT2D eigenvalue weighted by Gasteiger charge is -1.97. The molecular weight excluding hydrogens is 162 g/mol. The van der Waals surface area contributed by atoms with Crippen molar-refractivity contribution in [2.45, 2.75) is 13.8 Å². The molecule has 1 aromatic heterocycles. The molecule has 0 amide bonds. The van der Waals surface area contributed by atoms with E-state index in [1.165, 1.54) is 6.92 Å². The van der Waals surface area contributed by atoms with E-state index in [1.54, 1.807) is 19.1 Å². The molecule has 3 heteroatoms. The number of pyridine rings is 1. The molecule has 1 heterocycles. The second-order valence-corrected chi connectivity index (χ2v) is 2.73. The first-order chi connectivity index (χ1) is 5.11. The van der Waals surface area contributed by atoms with E-state index in [-0.39, 0.29) is 5.78 Å². The number of hydrogen-bond acceptors (Lipinski definition) is 2. The zero-order valence-corrected chi connectivity index (χ0v) is 7.14. The zero-order chi connectivity index (χ0) is 8.43. The van der Waals surface area contributed by atoms with Gasteiger partial charge in [-0.3, -0.25) is 4.79 Å². The number of halogens is 1. The fraction of sp³-hybridized carbons (Fsp3) is 0.250. The van der Waals surface area contributed by atoms with Crippen molar-refractivity contribution in [3.63, 3.8) is 0 Å². The van der Waals surface area contributed by atoms with Crippen LogP contribution in [0.4, 0.5) is 0 Å². The van der Waals surface area contributed by atoms with Crippen molar-refractivity contribution in [3.05, 3.63) is 28.5 Å². The van der Waals surface area contributed by atoms with E-state index in [9.17, 15) is 4.79 Å². The van der Waals surface area contributed by atoms with Gasteiger partial charge in [0.25, 0.3) is 0 Å². The van der Waals surface area contributed by atoms with Gasteiger partial charge in [-0.2, -0.15) is 0 Å². The van der Waals surface area contributed by atoms with Crippen molar-refractivity contribution in [3.8, 4) is 0 Å². The summed E-state index contributed by atoms with van der Waals surface area (Å²) in [6.45, 7) is 3.25. The molecule has 58 valence electrons. The molecule has 0 spiro atoms. The quantitative estimate of drug-likeness (QED) is 0.604. The summed E-state index contributed by atoms with van der Waals surface area (Å²) in [4.78, 5) is 14.8. The van der Waals surface area contributed by atoms with Crippen LogP contribution in [-0.2, 0) is 0 Å². The maximum atomic E-state index is 10.8. The second kappa shape index (κ2) is 3.01. The van der Waals surface area contributed by atoms with Gasteiger partial charge in [-0.15, -0.1) is 0 Å². The van der Waals surface area contributed by atoms with Gasteiger partial charge >= 0.3 is 0 Å². The first kappa shape index (κ1) is 8.21. The first-order valence-electron chi connectivity index (χ1n) is 3.25. The Kier molecular flexibility index (Phi) is 2.25. The van der Waals surface area contributed by atoms with E-state index in [1.807, 2.05) is 0 Å². The third-order valence-electron chi connectivity index (χ3n) is 1.38. The molecule has 1 rings (SSSR count). The number of rotatable bonds is 1. The highest BCUT2D eigenvalue weighted by Gasteiger charge is 2.02. The number of nitrogens with zero attached hydrogens (tertiary/aromatic N) is 1. The highest BCUT2D eigenvalue weighted by atomic mass is 35.5. The van der Waals surface area contributed by atoms with Crippen molar-refractivity contribution >= 4 is 17.4 Å². The second-order valence-electron chi connectivity index (χ2n) is 2.32. The molecule has 0 fully saturated rings. The predicted octanol–water partition coefficient (Wildman–Crippen LogP) is 2.25. The molecule has 0 bridgehead atoms. The predicted molar refractivity (Wildman–Crippen MR) is 44.0 cm³/mol. The molecule has 0 atom stereocenters. The van der Waals surface area contributed by atoms with Crippen LogP contribution in [0.25, 0.3) is 0 Å². The molecule has 0 aliphatic carbocycles. The third kappa shape index (κ3) is 1.77. The highest BCUT2D eigenvalue weighted by molar-refractivity contribution is 6.31. The topological polar surface area (TPSA) is 30.0 Å². The van der Waals surface area contributed by atoms with E-state index in [2.05, 4.69) is 4.98 Å². The number of Topliss-reactive ketones (excluding diaryl/α,β-unsaturated/α-hetero) is 1. The Labute approximate surface area is 70.2 Å². The van der Waals surface area contributed by atoms with Crippen LogP contribution >= 0.6 is 11.6 Å². The van der Waals surface area contributed by atoms with Crippen LogP contribution in [0, 0.1) is 6.92 Å². The van der Waals surface area contributed by atoms with Gasteiger partial charge in [-0.25, -0.2) is 4.98 Å². The lowest BCUT2D eigenvalue weighted by Crippen LogP contribution is -1.97. The molecule has 0 radical (unpaired) electrons. The first-order valence-corrected chi connectivity index (χ1v) is 3.63. The normalized spacial score (nSPS) is 9.73. The Morgan fingerprint density at radius 2 is 2.18 bits per heavy atom. The van der Waals surface area contributed by atoms with Gasteiger partial charge in [0.2, 0.25) is 0 Å². The van der Waals surface area contributed by atoms with Crippen molar-refractivity contribution < 1.29 is 4.79 Å². The summed E-state index contributed by atoms with van der Waals surface area (Å²) in [7, 11) is 0. The number of aromatic nitrogens is 1. The van der Waals surface area contributed by atoms with Crippen LogP contribution in [0.15, 0.2) is 12.1 Å². The van der Waals surface area contributed by atoms with Crippen LogP contribution in [-0.4, -0.2) is 10.8 Å². The summed E-state index contributed by atoms with van der Waals surface area (Å²) >= 11 is 5.71. The molecule has 0 N–H and O–H groups in total. The number of aryl methyl sites for hydroxylation is 1.